The Hall–Kier alpha value is -0.870. The molecular weight excluding hydrogens is 228 g/mol. The van der Waals surface area contributed by atoms with E-state index in [2.05, 4.69) is 37.6 Å². The molecule has 0 aromatic heterocycles. The molecule has 2 unspecified atom stereocenters. The predicted molar refractivity (Wildman–Crippen MR) is 71.3 cm³/mol. The number of fused-ring (bicyclic) bond motifs is 2. The Balaban J connectivity index is 1.76. The van der Waals surface area contributed by atoms with E-state index in [1.807, 2.05) is 0 Å². The van der Waals surface area contributed by atoms with E-state index in [1.54, 1.807) is 0 Å². The summed E-state index contributed by atoms with van der Waals surface area (Å²) >= 11 is 0. The van der Waals surface area contributed by atoms with Gasteiger partial charge in [-0.3, -0.25) is 9.69 Å². The predicted octanol–water partition coefficient (Wildman–Crippen LogP) is 1.18. The summed E-state index contributed by atoms with van der Waals surface area (Å²) in [5.74, 6) is -0.0198. The molecule has 102 valence electrons. The van der Waals surface area contributed by atoms with Crippen LogP contribution in [0.3, 0.4) is 0 Å². The van der Waals surface area contributed by atoms with Crippen molar-refractivity contribution < 1.29 is 9.53 Å². The highest BCUT2D eigenvalue weighted by atomic mass is 16.5. The average molecular weight is 252 g/mol. The van der Waals surface area contributed by atoms with Crippen LogP contribution in [-0.2, 0) is 9.53 Å². The highest BCUT2D eigenvalue weighted by Crippen LogP contribution is 2.28. The molecule has 2 atom stereocenters. The second kappa shape index (κ2) is 5.02. The summed E-state index contributed by atoms with van der Waals surface area (Å²) in [6.07, 6.45) is 1.48. The molecule has 2 aliphatic heterocycles. The van der Waals surface area contributed by atoms with E-state index >= 15 is 0 Å². The van der Waals surface area contributed by atoms with Crippen molar-refractivity contribution in [3.05, 3.63) is 12.2 Å². The van der Waals surface area contributed by atoms with Gasteiger partial charge in [0.1, 0.15) is 0 Å². The zero-order valence-corrected chi connectivity index (χ0v) is 11.7. The standard InChI is InChI=1S/C14H24N2O2/c1-10(13(17)15-9-14(2,3)4)6-16-7-12-5-11(16)8-18-12/h11-12H,1,5-9H2,2-4H3,(H,15,17). The molecule has 2 aliphatic rings. The van der Waals surface area contributed by atoms with E-state index in [-0.39, 0.29) is 11.3 Å². The molecule has 1 N–H and O–H groups in total. The Bertz CT molecular complexity index is 346. The number of carbonyl (C=O) groups is 1. The lowest BCUT2D eigenvalue weighted by Crippen LogP contribution is -2.41. The number of nitrogens with one attached hydrogen (secondary N) is 1. The Kier molecular flexibility index (Phi) is 3.78. The van der Waals surface area contributed by atoms with Gasteiger partial charge in [-0.15, -0.1) is 0 Å². The van der Waals surface area contributed by atoms with Gasteiger partial charge in [-0.2, -0.15) is 0 Å². The van der Waals surface area contributed by atoms with Crippen molar-refractivity contribution in [2.75, 3.05) is 26.2 Å². The molecule has 0 aromatic rings. The monoisotopic (exact) mass is 252 g/mol. The van der Waals surface area contributed by atoms with Crippen LogP contribution in [0.5, 0.6) is 0 Å². The first kappa shape index (κ1) is 13.6. The fourth-order valence-electron chi connectivity index (χ4n) is 2.46. The van der Waals surface area contributed by atoms with Crippen LogP contribution in [0.25, 0.3) is 0 Å². The molecule has 2 fully saturated rings. The summed E-state index contributed by atoms with van der Waals surface area (Å²) < 4.78 is 5.54. The topological polar surface area (TPSA) is 41.6 Å². The van der Waals surface area contributed by atoms with Crippen LogP contribution >= 0.6 is 0 Å². The van der Waals surface area contributed by atoms with Crippen molar-refractivity contribution >= 4 is 5.91 Å². The van der Waals surface area contributed by atoms with Crippen molar-refractivity contribution in [1.29, 1.82) is 0 Å². The van der Waals surface area contributed by atoms with E-state index < -0.39 is 0 Å². The van der Waals surface area contributed by atoms with Crippen molar-refractivity contribution in [3.8, 4) is 0 Å². The summed E-state index contributed by atoms with van der Waals surface area (Å²) in [6.45, 7) is 13.3. The second-order valence-electron chi connectivity index (χ2n) is 6.62. The maximum Gasteiger partial charge on any atom is 0.247 e. The first-order valence-electron chi connectivity index (χ1n) is 6.67. The molecular formula is C14H24N2O2. The maximum atomic E-state index is 11.9. The number of hydrogen-bond acceptors (Lipinski definition) is 3. The minimum absolute atomic E-state index is 0.0198. The lowest BCUT2D eigenvalue weighted by molar-refractivity contribution is -0.118. The number of likely N-dealkylation sites (tertiary alicyclic amines) is 1. The third kappa shape index (κ3) is 3.33. The van der Waals surface area contributed by atoms with Gasteiger partial charge in [0.25, 0.3) is 0 Å². The normalized spacial score (nSPS) is 27.5. The van der Waals surface area contributed by atoms with Gasteiger partial charge in [-0.1, -0.05) is 27.4 Å². The summed E-state index contributed by atoms with van der Waals surface area (Å²) in [4.78, 5) is 14.2. The Morgan fingerprint density at radius 1 is 1.50 bits per heavy atom. The van der Waals surface area contributed by atoms with Gasteiger partial charge in [0.2, 0.25) is 5.91 Å². The van der Waals surface area contributed by atoms with Crippen LogP contribution in [0.2, 0.25) is 0 Å². The number of morpholine rings is 1. The minimum Gasteiger partial charge on any atom is -0.375 e. The third-order valence-electron chi connectivity index (χ3n) is 3.51. The van der Waals surface area contributed by atoms with Gasteiger partial charge in [0, 0.05) is 31.2 Å². The lowest BCUT2D eigenvalue weighted by atomic mass is 9.97. The van der Waals surface area contributed by atoms with E-state index in [0.717, 1.165) is 19.6 Å². The first-order chi connectivity index (χ1) is 8.35. The van der Waals surface area contributed by atoms with E-state index in [4.69, 9.17) is 4.74 Å². The van der Waals surface area contributed by atoms with Gasteiger partial charge >= 0.3 is 0 Å². The second-order valence-corrected chi connectivity index (χ2v) is 6.62. The van der Waals surface area contributed by atoms with Crippen molar-refractivity contribution in [2.24, 2.45) is 5.41 Å². The van der Waals surface area contributed by atoms with Gasteiger partial charge in [0.05, 0.1) is 12.7 Å². The molecule has 2 heterocycles. The van der Waals surface area contributed by atoms with Crippen molar-refractivity contribution in [1.82, 2.24) is 10.2 Å². The molecule has 0 saturated carbocycles. The van der Waals surface area contributed by atoms with Gasteiger partial charge in [-0.05, 0) is 11.8 Å². The van der Waals surface area contributed by atoms with Gasteiger partial charge in [-0.25, -0.2) is 0 Å². The Labute approximate surface area is 109 Å². The zero-order valence-electron chi connectivity index (χ0n) is 11.7. The minimum atomic E-state index is -0.0198. The summed E-state index contributed by atoms with van der Waals surface area (Å²) in [7, 11) is 0. The summed E-state index contributed by atoms with van der Waals surface area (Å²) in [5.41, 5.74) is 0.767. The summed E-state index contributed by atoms with van der Waals surface area (Å²) in [6, 6.07) is 0.488. The van der Waals surface area contributed by atoms with Crippen LogP contribution in [0.1, 0.15) is 27.2 Å². The largest absolute Gasteiger partial charge is 0.375 e. The number of ether oxygens (including phenoxy) is 1. The molecule has 2 bridgehead atoms. The zero-order chi connectivity index (χ0) is 13.3. The number of hydrogen-bond donors (Lipinski definition) is 1. The van der Waals surface area contributed by atoms with Crippen LogP contribution in [-0.4, -0.2) is 49.2 Å². The molecule has 2 rings (SSSR count). The molecule has 0 spiro atoms. The van der Waals surface area contributed by atoms with Gasteiger partial charge < -0.3 is 10.1 Å². The number of amides is 1. The van der Waals surface area contributed by atoms with Crippen LogP contribution in [0.4, 0.5) is 0 Å². The number of nitrogens with zero attached hydrogens (tertiary/aromatic N) is 1. The molecule has 0 aromatic carbocycles. The maximum absolute atomic E-state index is 11.9. The van der Waals surface area contributed by atoms with E-state index in [1.165, 1.54) is 0 Å². The first-order valence-corrected chi connectivity index (χ1v) is 6.67. The Morgan fingerprint density at radius 2 is 2.22 bits per heavy atom. The third-order valence-corrected chi connectivity index (χ3v) is 3.51. The smallest absolute Gasteiger partial charge is 0.247 e. The average Bonchev–Trinajstić information content (AvgIpc) is 2.86. The van der Waals surface area contributed by atoms with Gasteiger partial charge in [0.15, 0.2) is 0 Å². The molecule has 18 heavy (non-hydrogen) atoms. The number of carbonyl (C=O) groups excluding carboxylic acids is 1. The number of rotatable bonds is 4. The Morgan fingerprint density at radius 3 is 2.72 bits per heavy atom. The van der Waals surface area contributed by atoms with Crippen LogP contribution in [0, 0.1) is 5.41 Å². The van der Waals surface area contributed by atoms with Crippen molar-refractivity contribution in [2.45, 2.75) is 39.3 Å². The SMILES string of the molecule is C=C(CN1CC2CC1CO2)C(=O)NCC(C)(C)C. The fraction of sp³-hybridized carbons (Fsp3) is 0.786. The highest BCUT2D eigenvalue weighted by molar-refractivity contribution is 5.93. The lowest BCUT2D eigenvalue weighted by Gasteiger charge is -2.27. The molecule has 1 amide bonds. The van der Waals surface area contributed by atoms with E-state index in [9.17, 15) is 4.79 Å². The fourth-order valence-corrected chi connectivity index (χ4v) is 2.46. The quantitative estimate of drug-likeness (QED) is 0.764. The molecule has 4 nitrogen and oxygen atoms in total. The van der Waals surface area contributed by atoms with Crippen LogP contribution in [0.15, 0.2) is 12.2 Å². The molecule has 4 heteroatoms. The van der Waals surface area contributed by atoms with E-state index in [0.29, 0.717) is 30.8 Å². The van der Waals surface area contributed by atoms with Crippen LogP contribution < -0.4 is 5.32 Å². The molecule has 0 aliphatic carbocycles. The summed E-state index contributed by atoms with van der Waals surface area (Å²) in [5, 5.41) is 2.94. The van der Waals surface area contributed by atoms with Crippen molar-refractivity contribution in [3.63, 3.8) is 0 Å². The molecule has 0 radical (unpaired) electrons. The highest BCUT2D eigenvalue weighted by Gasteiger charge is 2.39. The molecule has 2 saturated heterocycles.